The summed E-state index contributed by atoms with van der Waals surface area (Å²) in [5, 5.41) is 9.67. The summed E-state index contributed by atoms with van der Waals surface area (Å²) in [5.74, 6) is -0.0201. The van der Waals surface area contributed by atoms with Gasteiger partial charge in [-0.2, -0.15) is 0 Å². The molecule has 1 saturated heterocycles. The van der Waals surface area contributed by atoms with Gasteiger partial charge in [-0.1, -0.05) is 55.5 Å². The first kappa shape index (κ1) is 19.6. The maximum Gasteiger partial charge on any atom is 0.303 e. The van der Waals surface area contributed by atoms with Crippen molar-refractivity contribution in [2.24, 2.45) is 0 Å². The van der Waals surface area contributed by atoms with E-state index in [1.54, 1.807) is 4.90 Å². The molecule has 1 amide bonds. The Balaban J connectivity index is 1.74. The number of carboxylic acids is 1. The van der Waals surface area contributed by atoms with Gasteiger partial charge in [-0.25, -0.2) is 0 Å². The van der Waals surface area contributed by atoms with Crippen LogP contribution < -0.4 is 0 Å². The second-order valence-corrected chi connectivity index (χ2v) is 8.00. The van der Waals surface area contributed by atoms with Gasteiger partial charge in [-0.15, -0.1) is 0 Å². The van der Waals surface area contributed by atoms with Crippen LogP contribution in [0.3, 0.4) is 0 Å². The number of fused-ring (bicyclic) bond motifs is 1. The topological polar surface area (TPSA) is 70.8 Å². The SMILES string of the molecule is CCc1oc2ccccc2c1/C=C1\SC(=S)N(CCCCCC(=O)O)C1=O. The number of carbonyl (C=O) groups excluding carboxylic acids is 1. The molecular weight excluding hydrogens is 382 g/mol. The first-order valence-corrected chi connectivity index (χ1v) is 10.2. The molecule has 1 aliphatic rings. The number of nitrogens with zero attached hydrogens (tertiary/aromatic N) is 1. The molecule has 2 aromatic rings. The summed E-state index contributed by atoms with van der Waals surface area (Å²) in [6.07, 6.45) is 4.89. The second-order valence-electron chi connectivity index (χ2n) is 6.33. The van der Waals surface area contributed by atoms with Crippen molar-refractivity contribution in [3.05, 3.63) is 40.5 Å². The maximum atomic E-state index is 12.8. The molecule has 0 unspecified atom stereocenters. The number of carbonyl (C=O) groups is 2. The van der Waals surface area contributed by atoms with Crippen LogP contribution in [-0.2, 0) is 16.0 Å². The maximum absolute atomic E-state index is 12.8. The fourth-order valence-corrected chi connectivity index (χ4v) is 4.37. The molecule has 7 heteroatoms. The van der Waals surface area contributed by atoms with E-state index in [0.29, 0.717) is 22.2 Å². The third-order valence-electron chi connectivity index (χ3n) is 4.45. The number of amides is 1. The number of aliphatic carboxylic acids is 1. The number of benzene rings is 1. The van der Waals surface area contributed by atoms with Gasteiger partial charge in [0.25, 0.3) is 5.91 Å². The predicted molar refractivity (Wildman–Crippen MR) is 112 cm³/mol. The zero-order valence-corrected chi connectivity index (χ0v) is 16.7. The Bertz CT molecular complexity index is 916. The van der Waals surface area contributed by atoms with Gasteiger partial charge in [0.05, 0.1) is 4.91 Å². The van der Waals surface area contributed by atoms with Gasteiger partial charge in [0.2, 0.25) is 0 Å². The fraction of sp³-hybridized carbons (Fsp3) is 0.350. The van der Waals surface area contributed by atoms with Crippen LogP contribution in [0.2, 0.25) is 0 Å². The van der Waals surface area contributed by atoms with Crippen LogP contribution in [0, 0.1) is 0 Å². The number of thioether (sulfide) groups is 1. The molecule has 0 bridgehead atoms. The van der Waals surface area contributed by atoms with E-state index >= 15 is 0 Å². The van der Waals surface area contributed by atoms with E-state index in [2.05, 4.69) is 0 Å². The summed E-state index contributed by atoms with van der Waals surface area (Å²) in [6, 6.07) is 7.80. The van der Waals surface area contributed by atoms with Gasteiger partial charge in [0.15, 0.2) is 0 Å². The van der Waals surface area contributed by atoms with Crippen molar-refractivity contribution >= 4 is 57.2 Å². The van der Waals surface area contributed by atoms with Crippen molar-refractivity contribution in [3.63, 3.8) is 0 Å². The summed E-state index contributed by atoms with van der Waals surface area (Å²) >= 11 is 6.69. The zero-order valence-electron chi connectivity index (χ0n) is 15.1. The standard InChI is InChI=1S/C20H21NO4S2/c1-2-15-14(13-8-5-6-9-16(13)25-15)12-17-19(24)21(20(26)27-17)11-7-3-4-10-18(22)23/h5-6,8-9,12H,2-4,7,10-11H2,1H3,(H,22,23)/b17-12-. The zero-order chi connectivity index (χ0) is 19.4. The first-order chi connectivity index (χ1) is 13.0. The molecule has 1 aromatic carbocycles. The second kappa shape index (κ2) is 8.71. The lowest BCUT2D eigenvalue weighted by Crippen LogP contribution is -2.29. The van der Waals surface area contributed by atoms with E-state index in [4.69, 9.17) is 21.7 Å². The van der Waals surface area contributed by atoms with Crippen molar-refractivity contribution in [1.82, 2.24) is 4.90 Å². The number of rotatable bonds is 8. The van der Waals surface area contributed by atoms with E-state index in [-0.39, 0.29) is 12.3 Å². The number of unbranched alkanes of at least 4 members (excludes halogenated alkanes) is 2. The van der Waals surface area contributed by atoms with Gasteiger partial charge >= 0.3 is 5.97 Å². The van der Waals surface area contributed by atoms with Crippen molar-refractivity contribution in [2.75, 3.05) is 6.54 Å². The molecule has 1 aromatic heterocycles. The Kier molecular flexibility index (Phi) is 6.34. The molecule has 0 spiro atoms. The monoisotopic (exact) mass is 403 g/mol. The highest BCUT2D eigenvalue weighted by Gasteiger charge is 2.32. The molecule has 27 heavy (non-hydrogen) atoms. The molecule has 0 radical (unpaired) electrons. The Morgan fingerprint density at radius 3 is 2.81 bits per heavy atom. The van der Waals surface area contributed by atoms with E-state index in [0.717, 1.165) is 41.6 Å². The highest BCUT2D eigenvalue weighted by Crippen LogP contribution is 2.36. The quantitative estimate of drug-likeness (QED) is 0.386. The van der Waals surface area contributed by atoms with Gasteiger partial charge in [0, 0.05) is 30.3 Å². The molecule has 5 nitrogen and oxygen atoms in total. The summed E-state index contributed by atoms with van der Waals surface area (Å²) in [5.41, 5.74) is 1.75. The van der Waals surface area contributed by atoms with Crippen molar-refractivity contribution in [3.8, 4) is 0 Å². The molecule has 0 atom stereocenters. The van der Waals surface area contributed by atoms with Crippen LogP contribution in [0.15, 0.2) is 33.6 Å². The number of hydrogen-bond acceptors (Lipinski definition) is 5. The molecule has 0 aliphatic carbocycles. The minimum atomic E-state index is -0.789. The third-order valence-corrected chi connectivity index (χ3v) is 5.83. The summed E-state index contributed by atoms with van der Waals surface area (Å²) < 4.78 is 6.45. The van der Waals surface area contributed by atoms with Crippen LogP contribution in [0.4, 0.5) is 0 Å². The number of furan rings is 1. The molecule has 142 valence electrons. The number of aryl methyl sites for hydroxylation is 1. The van der Waals surface area contributed by atoms with Crippen LogP contribution in [0.5, 0.6) is 0 Å². The first-order valence-electron chi connectivity index (χ1n) is 8.98. The van der Waals surface area contributed by atoms with E-state index in [1.807, 2.05) is 37.3 Å². The largest absolute Gasteiger partial charge is 0.481 e. The lowest BCUT2D eigenvalue weighted by molar-refractivity contribution is -0.137. The molecular formula is C20H21NO4S2. The number of para-hydroxylation sites is 1. The van der Waals surface area contributed by atoms with Crippen LogP contribution in [0.25, 0.3) is 17.0 Å². The average molecular weight is 404 g/mol. The Morgan fingerprint density at radius 2 is 2.07 bits per heavy atom. The molecule has 1 N–H and O–H groups in total. The molecule has 3 rings (SSSR count). The smallest absolute Gasteiger partial charge is 0.303 e. The van der Waals surface area contributed by atoms with Crippen LogP contribution in [-0.4, -0.2) is 32.7 Å². The minimum Gasteiger partial charge on any atom is -0.481 e. The van der Waals surface area contributed by atoms with Gasteiger partial charge in [-0.3, -0.25) is 14.5 Å². The fourth-order valence-electron chi connectivity index (χ4n) is 3.08. The van der Waals surface area contributed by atoms with E-state index in [1.165, 1.54) is 11.8 Å². The van der Waals surface area contributed by atoms with Crippen LogP contribution in [0.1, 0.15) is 43.9 Å². The van der Waals surface area contributed by atoms with Crippen molar-refractivity contribution in [2.45, 2.75) is 39.0 Å². The Labute approximate surface area is 167 Å². The number of carboxylic acid groups (broad SMARTS) is 1. The highest BCUT2D eigenvalue weighted by molar-refractivity contribution is 8.26. The summed E-state index contributed by atoms with van der Waals surface area (Å²) in [4.78, 5) is 25.5. The Hall–Kier alpha value is -2.12. The van der Waals surface area contributed by atoms with Crippen molar-refractivity contribution in [1.29, 1.82) is 0 Å². The number of thiocarbonyl (C=S) groups is 1. The Morgan fingerprint density at radius 1 is 1.30 bits per heavy atom. The van der Waals surface area contributed by atoms with Gasteiger partial charge in [0.1, 0.15) is 15.7 Å². The molecule has 1 aliphatic heterocycles. The van der Waals surface area contributed by atoms with Crippen molar-refractivity contribution < 1.29 is 19.1 Å². The molecule has 0 saturated carbocycles. The van der Waals surface area contributed by atoms with E-state index < -0.39 is 5.97 Å². The molecule has 2 heterocycles. The lowest BCUT2D eigenvalue weighted by Gasteiger charge is -2.13. The normalized spacial score (nSPS) is 16.0. The minimum absolute atomic E-state index is 0.0874. The predicted octanol–water partition coefficient (Wildman–Crippen LogP) is 4.84. The average Bonchev–Trinajstić information content (AvgIpc) is 3.13. The summed E-state index contributed by atoms with van der Waals surface area (Å²) in [6.45, 7) is 2.55. The lowest BCUT2D eigenvalue weighted by atomic mass is 10.1. The van der Waals surface area contributed by atoms with Crippen LogP contribution >= 0.6 is 24.0 Å². The highest BCUT2D eigenvalue weighted by atomic mass is 32.2. The van der Waals surface area contributed by atoms with Gasteiger partial charge in [-0.05, 0) is 25.0 Å². The van der Waals surface area contributed by atoms with Gasteiger partial charge < -0.3 is 9.52 Å². The molecule has 1 fully saturated rings. The summed E-state index contributed by atoms with van der Waals surface area (Å²) in [7, 11) is 0. The number of hydrogen-bond donors (Lipinski definition) is 1. The third kappa shape index (κ3) is 4.42. The van der Waals surface area contributed by atoms with E-state index in [9.17, 15) is 9.59 Å².